The van der Waals surface area contributed by atoms with E-state index in [1.165, 1.54) is 19.2 Å². The molecule has 0 aromatic heterocycles. The molecule has 0 saturated carbocycles. The predicted octanol–water partition coefficient (Wildman–Crippen LogP) is 2.25. The zero-order valence-electron chi connectivity index (χ0n) is 14.4. The molecule has 1 aromatic carbocycles. The minimum absolute atomic E-state index is 0.00507. The van der Waals surface area contributed by atoms with Gasteiger partial charge in [0.2, 0.25) is 5.75 Å². The van der Waals surface area contributed by atoms with Crippen molar-refractivity contribution in [2.24, 2.45) is 0 Å². The molecule has 137 valence electrons. The van der Waals surface area contributed by atoms with Crippen molar-refractivity contribution in [1.29, 1.82) is 0 Å². The van der Waals surface area contributed by atoms with Gasteiger partial charge in [0.15, 0.2) is 6.42 Å². The highest BCUT2D eigenvalue weighted by atomic mass is 32.2. The molecule has 0 spiro atoms. The molecular weight excluding hydrogens is 345 g/mol. The summed E-state index contributed by atoms with van der Waals surface area (Å²) < 4.78 is 29.4. The molecule has 0 aliphatic carbocycles. The van der Waals surface area contributed by atoms with E-state index >= 15 is 0 Å². The van der Waals surface area contributed by atoms with Crippen LogP contribution < -0.4 is 4.90 Å². The van der Waals surface area contributed by atoms with E-state index in [9.17, 15) is 18.5 Å². The Balaban J connectivity index is 1.61. The van der Waals surface area contributed by atoms with Crippen molar-refractivity contribution in [2.75, 3.05) is 19.4 Å². The molecule has 7 heteroatoms. The Morgan fingerprint density at radius 2 is 1.96 bits per heavy atom. The SMILES string of the molecule is COC(=O)C[S+]([O-])C1CC(=O)[N+]1CCCCCCc1ccc(F)cc1. The van der Waals surface area contributed by atoms with E-state index in [0.29, 0.717) is 6.54 Å². The Morgan fingerprint density at radius 1 is 1.28 bits per heavy atom. The second-order valence-corrected chi connectivity index (χ2v) is 7.73. The van der Waals surface area contributed by atoms with E-state index in [1.807, 2.05) is 0 Å². The monoisotopic (exact) mass is 369 g/mol. The number of likely N-dealkylation sites (tertiary alicyclic amines) is 1. The molecule has 1 fully saturated rings. The van der Waals surface area contributed by atoms with Crippen molar-refractivity contribution in [3.63, 3.8) is 0 Å². The number of unbranched alkanes of at least 4 members (excludes halogenated alkanes) is 3. The minimum Gasteiger partial charge on any atom is -0.611 e. The van der Waals surface area contributed by atoms with Gasteiger partial charge < -0.3 is 9.29 Å². The smallest absolute Gasteiger partial charge is 0.377 e. The fraction of sp³-hybridized carbons (Fsp3) is 0.556. The van der Waals surface area contributed by atoms with Gasteiger partial charge in [-0.2, -0.15) is 0 Å². The number of β-lactam (4-membered cyclic amide) rings is 1. The maximum absolute atomic E-state index is 12.8. The fourth-order valence-corrected chi connectivity index (χ4v) is 4.19. The third-order valence-electron chi connectivity index (χ3n) is 4.34. The van der Waals surface area contributed by atoms with Crippen molar-refractivity contribution in [2.45, 2.75) is 43.9 Å². The number of hydrogen-bond donors (Lipinski definition) is 0. The number of ether oxygens (including phenoxy) is 1. The fourth-order valence-electron chi connectivity index (χ4n) is 2.82. The normalized spacial score (nSPS) is 18.7. The quantitative estimate of drug-likeness (QED) is 0.208. The van der Waals surface area contributed by atoms with E-state index in [1.54, 1.807) is 17.0 Å². The van der Waals surface area contributed by atoms with Crippen LogP contribution in [0.1, 0.15) is 37.7 Å². The van der Waals surface area contributed by atoms with Crippen LogP contribution in [0.3, 0.4) is 0 Å². The molecule has 2 unspecified atom stereocenters. The molecule has 1 radical (unpaired) electrons. The van der Waals surface area contributed by atoms with Gasteiger partial charge in [0.25, 0.3) is 0 Å². The van der Waals surface area contributed by atoms with E-state index in [-0.39, 0.29) is 29.3 Å². The van der Waals surface area contributed by atoms with E-state index in [4.69, 9.17) is 0 Å². The maximum Gasteiger partial charge on any atom is 0.377 e. The lowest BCUT2D eigenvalue weighted by Gasteiger charge is -2.28. The summed E-state index contributed by atoms with van der Waals surface area (Å²) in [4.78, 5) is 24.5. The molecule has 1 aromatic rings. The summed E-state index contributed by atoms with van der Waals surface area (Å²) in [5.74, 6) is -0.905. The topological polar surface area (TPSA) is 72.3 Å². The number of rotatable bonds is 10. The van der Waals surface area contributed by atoms with Crippen LogP contribution in [0.4, 0.5) is 4.39 Å². The van der Waals surface area contributed by atoms with Crippen molar-refractivity contribution >= 4 is 23.1 Å². The highest BCUT2D eigenvalue weighted by molar-refractivity contribution is 7.92. The zero-order chi connectivity index (χ0) is 18.2. The van der Waals surface area contributed by atoms with Gasteiger partial charge in [-0.15, -0.1) is 0 Å². The second kappa shape index (κ2) is 9.89. The number of nitrogens with zero attached hydrogens (tertiary/aromatic N) is 1. The van der Waals surface area contributed by atoms with Gasteiger partial charge in [0.05, 0.1) is 7.11 Å². The third kappa shape index (κ3) is 6.09. The number of esters is 1. The summed E-state index contributed by atoms with van der Waals surface area (Å²) >= 11 is -1.39. The van der Waals surface area contributed by atoms with Gasteiger partial charge >= 0.3 is 17.3 Å². The van der Waals surface area contributed by atoms with Crippen LogP contribution >= 0.6 is 0 Å². The van der Waals surface area contributed by atoms with Gasteiger partial charge in [-0.25, -0.2) is 14.0 Å². The summed E-state index contributed by atoms with van der Waals surface area (Å²) in [7, 11) is 1.26. The highest BCUT2D eigenvalue weighted by Crippen LogP contribution is 2.23. The van der Waals surface area contributed by atoms with Crippen LogP contribution in [0.15, 0.2) is 24.3 Å². The first-order chi connectivity index (χ1) is 12.0. The van der Waals surface area contributed by atoms with Crippen molar-refractivity contribution in [1.82, 2.24) is 4.90 Å². The predicted molar refractivity (Wildman–Crippen MR) is 94.0 cm³/mol. The van der Waals surface area contributed by atoms with Gasteiger partial charge in [-0.1, -0.05) is 23.5 Å². The van der Waals surface area contributed by atoms with E-state index in [2.05, 4.69) is 4.74 Å². The number of methoxy groups -OCH3 is 1. The van der Waals surface area contributed by atoms with Crippen molar-refractivity contribution in [3.8, 4) is 0 Å². The number of halogens is 1. The number of carbonyl (C=O) groups is 2. The lowest BCUT2D eigenvalue weighted by Crippen LogP contribution is -2.61. The molecule has 2 rings (SSSR count). The Labute approximate surface area is 150 Å². The number of carbonyl (C=O) groups excluding carboxylic acids is 2. The summed E-state index contributed by atoms with van der Waals surface area (Å²) in [6, 6.07) is 6.55. The Kier molecular flexibility index (Phi) is 7.87. The average molecular weight is 369 g/mol. The van der Waals surface area contributed by atoms with Gasteiger partial charge in [-0.3, -0.25) is 0 Å². The third-order valence-corrected chi connectivity index (χ3v) is 5.88. The maximum atomic E-state index is 12.8. The first-order valence-corrected chi connectivity index (χ1v) is 9.87. The van der Waals surface area contributed by atoms with E-state index in [0.717, 1.165) is 37.7 Å². The van der Waals surface area contributed by atoms with Crippen molar-refractivity contribution in [3.05, 3.63) is 35.6 Å². The molecule has 0 N–H and O–H groups in total. The van der Waals surface area contributed by atoms with Crippen LogP contribution in [0.5, 0.6) is 0 Å². The van der Waals surface area contributed by atoms with Gasteiger partial charge in [0, 0.05) is 17.6 Å². The van der Waals surface area contributed by atoms with Gasteiger partial charge in [-0.05, 0) is 37.0 Å². The zero-order valence-corrected chi connectivity index (χ0v) is 15.2. The van der Waals surface area contributed by atoms with Crippen LogP contribution in [0, 0.1) is 5.82 Å². The number of hydrogen-bond acceptors (Lipinski definition) is 4. The molecule has 0 bridgehead atoms. The van der Waals surface area contributed by atoms with E-state index < -0.39 is 17.1 Å². The first-order valence-electron chi connectivity index (χ1n) is 8.49. The standard InChI is InChI=1S/C18H24FNO4S/c1-24-18(22)13-25(23)17-12-16(21)20(17)11-5-3-2-4-6-14-7-9-15(19)10-8-14/h7-10,17H,2-6,11-13H2,1H3/q+1. The second-order valence-electron chi connectivity index (χ2n) is 6.14. The Morgan fingerprint density at radius 3 is 2.60 bits per heavy atom. The summed E-state index contributed by atoms with van der Waals surface area (Å²) in [6.45, 7) is 0.576. The summed E-state index contributed by atoms with van der Waals surface area (Å²) in [6.07, 6.45) is 5.01. The molecule has 1 aliphatic heterocycles. The van der Waals surface area contributed by atoms with Crippen molar-refractivity contribution < 1.29 is 23.3 Å². The molecule has 2 atom stereocenters. The lowest BCUT2D eigenvalue weighted by atomic mass is 10.1. The van der Waals surface area contributed by atoms with Gasteiger partial charge in [0.1, 0.15) is 12.4 Å². The Bertz CT molecular complexity index is 581. The average Bonchev–Trinajstić information content (AvgIpc) is 2.59. The summed E-state index contributed by atoms with van der Waals surface area (Å²) in [5.41, 5.74) is 1.12. The minimum atomic E-state index is -1.39. The number of benzene rings is 1. The molecule has 1 saturated heterocycles. The molecular formula is C18H24FNO4S+. The first kappa shape index (κ1) is 19.9. The molecule has 1 aliphatic rings. The highest BCUT2D eigenvalue weighted by Gasteiger charge is 2.56. The van der Waals surface area contributed by atoms with Crippen LogP contribution in [-0.2, 0) is 31.9 Å². The summed E-state index contributed by atoms with van der Waals surface area (Å²) in [5, 5.41) is -0.356. The van der Waals surface area contributed by atoms with Crippen LogP contribution in [-0.4, -0.2) is 41.2 Å². The lowest BCUT2D eigenvalue weighted by molar-refractivity contribution is -0.138. The molecule has 25 heavy (non-hydrogen) atoms. The molecule has 1 amide bonds. The number of amides is 1. The van der Waals surface area contributed by atoms with Crippen LogP contribution in [0.25, 0.3) is 0 Å². The van der Waals surface area contributed by atoms with Crippen LogP contribution in [0.2, 0.25) is 0 Å². The largest absolute Gasteiger partial charge is 0.611 e. The molecule has 1 heterocycles. The number of aryl methyl sites for hydroxylation is 1. The Hall–Kier alpha value is -1.44. The molecule has 5 nitrogen and oxygen atoms in total.